The van der Waals surface area contributed by atoms with Gasteiger partial charge in [0.25, 0.3) is 11.8 Å². The maximum atomic E-state index is 12.9. The van der Waals surface area contributed by atoms with Crippen LogP contribution in [0.4, 0.5) is 5.69 Å². The molecule has 0 saturated carbocycles. The lowest BCUT2D eigenvalue weighted by atomic mass is 10.2. The SMILES string of the molecule is CC1N=C(C(=O)N2CCN(CCS(C)(=O)=O)CC2)NN(c2ccccc2)C1=O. The summed E-state index contributed by atoms with van der Waals surface area (Å²) in [5.74, 6) is -0.238. The topological polar surface area (TPSA) is 102 Å². The predicted octanol–water partition coefficient (Wildman–Crippen LogP) is -0.486. The number of hydrogen-bond donors (Lipinski definition) is 1. The Labute approximate surface area is 164 Å². The second-order valence-electron chi connectivity index (χ2n) is 7.04. The first-order valence-electron chi connectivity index (χ1n) is 9.17. The third-order valence-corrected chi connectivity index (χ3v) is 5.70. The van der Waals surface area contributed by atoms with Crippen molar-refractivity contribution < 1.29 is 18.0 Å². The van der Waals surface area contributed by atoms with Crippen LogP contribution in [-0.4, -0.2) is 86.6 Å². The Morgan fingerprint density at radius 1 is 1.18 bits per heavy atom. The molecule has 2 amide bonds. The smallest absolute Gasteiger partial charge is 0.290 e. The minimum absolute atomic E-state index is 0.112. The zero-order chi connectivity index (χ0) is 20.3. The zero-order valence-electron chi connectivity index (χ0n) is 16.0. The molecular weight excluding hydrogens is 382 g/mol. The minimum atomic E-state index is -3.00. The number of hydrazine groups is 1. The van der Waals surface area contributed by atoms with Crippen molar-refractivity contribution in [2.45, 2.75) is 13.0 Å². The summed E-state index contributed by atoms with van der Waals surface area (Å²) in [4.78, 5) is 33.3. The first-order valence-corrected chi connectivity index (χ1v) is 11.2. The number of carbonyl (C=O) groups excluding carboxylic acids is 2. The van der Waals surface area contributed by atoms with Crippen LogP contribution in [0.25, 0.3) is 0 Å². The molecule has 0 bridgehead atoms. The average Bonchev–Trinajstić information content (AvgIpc) is 2.68. The summed E-state index contributed by atoms with van der Waals surface area (Å²) in [5.41, 5.74) is 3.50. The van der Waals surface area contributed by atoms with E-state index in [2.05, 4.69) is 10.4 Å². The highest BCUT2D eigenvalue weighted by Gasteiger charge is 2.33. The fourth-order valence-electron chi connectivity index (χ4n) is 3.12. The van der Waals surface area contributed by atoms with Crippen molar-refractivity contribution in [1.82, 2.24) is 15.2 Å². The van der Waals surface area contributed by atoms with Gasteiger partial charge in [-0.25, -0.2) is 18.4 Å². The molecule has 2 heterocycles. The first kappa shape index (κ1) is 20.3. The van der Waals surface area contributed by atoms with Crippen LogP contribution in [0.1, 0.15) is 6.92 Å². The number of carbonyl (C=O) groups is 2. The number of rotatable bonds is 5. The number of benzene rings is 1. The van der Waals surface area contributed by atoms with E-state index in [1.807, 2.05) is 23.1 Å². The lowest BCUT2D eigenvalue weighted by molar-refractivity contribution is -0.126. The molecule has 152 valence electrons. The van der Waals surface area contributed by atoms with Crippen molar-refractivity contribution in [2.24, 2.45) is 4.99 Å². The van der Waals surface area contributed by atoms with E-state index in [0.29, 0.717) is 38.4 Å². The monoisotopic (exact) mass is 407 g/mol. The van der Waals surface area contributed by atoms with Crippen molar-refractivity contribution in [3.63, 3.8) is 0 Å². The Morgan fingerprint density at radius 2 is 1.82 bits per heavy atom. The third kappa shape index (κ3) is 4.87. The summed E-state index contributed by atoms with van der Waals surface area (Å²) < 4.78 is 22.6. The molecule has 0 aromatic heterocycles. The summed E-state index contributed by atoms with van der Waals surface area (Å²) in [5, 5.41) is 1.35. The van der Waals surface area contributed by atoms with Gasteiger partial charge in [-0.1, -0.05) is 18.2 Å². The zero-order valence-corrected chi connectivity index (χ0v) is 16.9. The highest BCUT2D eigenvalue weighted by atomic mass is 32.2. The second kappa shape index (κ2) is 8.27. The van der Waals surface area contributed by atoms with Gasteiger partial charge in [-0.15, -0.1) is 0 Å². The Morgan fingerprint density at radius 3 is 2.43 bits per heavy atom. The molecule has 0 radical (unpaired) electrons. The van der Waals surface area contributed by atoms with Crippen LogP contribution >= 0.6 is 0 Å². The van der Waals surface area contributed by atoms with Gasteiger partial charge in [0, 0.05) is 39.0 Å². The Bertz CT molecular complexity index is 863. The molecule has 10 heteroatoms. The summed E-state index contributed by atoms with van der Waals surface area (Å²) in [7, 11) is -3.00. The number of hydrogen-bond acceptors (Lipinski definition) is 7. The number of aliphatic imine (C=N–C) groups is 1. The molecule has 1 aromatic carbocycles. The first-order chi connectivity index (χ1) is 13.2. The van der Waals surface area contributed by atoms with Gasteiger partial charge in [0.2, 0.25) is 5.84 Å². The van der Waals surface area contributed by atoms with Crippen molar-refractivity contribution in [3.8, 4) is 0 Å². The van der Waals surface area contributed by atoms with E-state index in [0.717, 1.165) is 0 Å². The van der Waals surface area contributed by atoms with Gasteiger partial charge < -0.3 is 4.90 Å². The number of amidine groups is 1. The number of sulfone groups is 1. The number of para-hydroxylation sites is 1. The Balaban J connectivity index is 1.63. The molecule has 0 aliphatic carbocycles. The van der Waals surface area contributed by atoms with Crippen LogP contribution in [0.3, 0.4) is 0 Å². The van der Waals surface area contributed by atoms with Crippen LogP contribution in [-0.2, 0) is 19.4 Å². The molecule has 1 fully saturated rings. The Hall–Kier alpha value is -2.46. The van der Waals surface area contributed by atoms with Crippen LogP contribution in [0.15, 0.2) is 35.3 Å². The van der Waals surface area contributed by atoms with Gasteiger partial charge in [-0.3, -0.25) is 19.9 Å². The van der Waals surface area contributed by atoms with E-state index >= 15 is 0 Å². The van der Waals surface area contributed by atoms with Crippen LogP contribution in [0, 0.1) is 0 Å². The molecule has 28 heavy (non-hydrogen) atoms. The molecule has 1 N–H and O–H groups in total. The molecule has 0 spiro atoms. The minimum Gasteiger partial charge on any atom is -0.333 e. The molecule has 1 saturated heterocycles. The molecule has 2 aliphatic heterocycles. The van der Waals surface area contributed by atoms with E-state index < -0.39 is 15.9 Å². The molecule has 2 aliphatic rings. The Kier molecular flexibility index (Phi) is 5.99. The highest BCUT2D eigenvalue weighted by Crippen LogP contribution is 2.16. The summed E-state index contributed by atoms with van der Waals surface area (Å²) in [6.45, 7) is 4.30. The van der Waals surface area contributed by atoms with Gasteiger partial charge in [-0.2, -0.15) is 0 Å². The standard InChI is InChI=1S/C18H25N5O4S/c1-14-17(24)23(15-6-4-3-5-7-15)20-16(19-14)18(25)22-10-8-21(9-11-22)12-13-28(2,26)27/h3-7,14H,8-13H2,1-2H3,(H,19,20). The lowest BCUT2D eigenvalue weighted by Gasteiger charge is -2.36. The highest BCUT2D eigenvalue weighted by molar-refractivity contribution is 7.90. The summed E-state index contributed by atoms with van der Waals surface area (Å²) >= 11 is 0. The molecule has 9 nitrogen and oxygen atoms in total. The lowest BCUT2D eigenvalue weighted by Crippen LogP contribution is -2.60. The molecule has 1 unspecified atom stereocenters. The number of nitrogens with one attached hydrogen (secondary N) is 1. The molecular formula is C18H25N5O4S. The van der Waals surface area contributed by atoms with Gasteiger partial charge in [-0.05, 0) is 19.1 Å². The van der Waals surface area contributed by atoms with Gasteiger partial charge in [0.1, 0.15) is 15.9 Å². The van der Waals surface area contributed by atoms with Gasteiger partial charge in [0.15, 0.2) is 0 Å². The number of amides is 2. The van der Waals surface area contributed by atoms with Crippen LogP contribution in [0.5, 0.6) is 0 Å². The molecule has 1 atom stereocenters. The van der Waals surface area contributed by atoms with Crippen molar-refractivity contribution >= 4 is 33.2 Å². The van der Waals surface area contributed by atoms with E-state index in [4.69, 9.17) is 0 Å². The summed E-state index contributed by atoms with van der Waals surface area (Å²) in [6, 6.07) is 8.40. The van der Waals surface area contributed by atoms with Crippen LogP contribution in [0.2, 0.25) is 0 Å². The predicted molar refractivity (Wildman–Crippen MR) is 107 cm³/mol. The number of piperazine rings is 1. The quantitative estimate of drug-likeness (QED) is 0.707. The fourth-order valence-corrected chi connectivity index (χ4v) is 3.71. The van der Waals surface area contributed by atoms with Crippen molar-refractivity contribution in [2.75, 3.05) is 49.7 Å². The van der Waals surface area contributed by atoms with E-state index in [-0.39, 0.29) is 23.4 Å². The summed E-state index contributed by atoms with van der Waals surface area (Å²) in [6.07, 6.45) is 1.22. The van der Waals surface area contributed by atoms with Crippen LogP contribution < -0.4 is 10.4 Å². The molecule has 1 aromatic rings. The van der Waals surface area contributed by atoms with Gasteiger partial charge in [0.05, 0.1) is 11.4 Å². The number of anilines is 1. The van der Waals surface area contributed by atoms with E-state index in [1.54, 1.807) is 24.0 Å². The van der Waals surface area contributed by atoms with Gasteiger partial charge >= 0.3 is 0 Å². The second-order valence-corrected chi connectivity index (χ2v) is 9.30. The maximum Gasteiger partial charge on any atom is 0.290 e. The fraction of sp³-hybridized carbons (Fsp3) is 0.500. The average molecular weight is 407 g/mol. The maximum absolute atomic E-state index is 12.9. The largest absolute Gasteiger partial charge is 0.333 e. The van der Waals surface area contributed by atoms with Crippen molar-refractivity contribution in [3.05, 3.63) is 30.3 Å². The van der Waals surface area contributed by atoms with E-state index in [9.17, 15) is 18.0 Å². The molecule has 3 rings (SSSR count). The van der Waals surface area contributed by atoms with Crippen molar-refractivity contribution in [1.29, 1.82) is 0 Å². The normalized spacial score (nSPS) is 21.3. The number of nitrogens with zero attached hydrogens (tertiary/aromatic N) is 4. The van der Waals surface area contributed by atoms with E-state index in [1.165, 1.54) is 11.3 Å². The third-order valence-electron chi connectivity index (χ3n) is 4.77.